The van der Waals surface area contributed by atoms with Crippen molar-refractivity contribution in [1.82, 2.24) is 14.9 Å². The molecule has 0 aromatic carbocycles. The van der Waals surface area contributed by atoms with Crippen molar-refractivity contribution in [1.29, 1.82) is 0 Å². The first-order valence-electron chi connectivity index (χ1n) is 5.99. The van der Waals surface area contributed by atoms with E-state index in [0.29, 0.717) is 11.9 Å². The van der Waals surface area contributed by atoms with Gasteiger partial charge in [0.25, 0.3) is 0 Å². The lowest BCUT2D eigenvalue weighted by Gasteiger charge is -2.26. The lowest BCUT2D eigenvalue weighted by molar-refractivity contribution is 0.314. The maximum atomic E-state index is 5.77. The molecule has 1 aromatic rings. The summed E-state index contributed by atoms with van der Waals surface area (Å²) < 4.78 is 0. The van der Waals surface area contributed by atoms with E-state index < -0.39 is 0 Å². The smallest absolute Gasteiger partial charge is 0.147 e. The molecule has 1 fully saturated rings. The molecule has 0 radical (unpaired) electrons. The van der Waals surface area contributed by atoms with Gasteiger partial charge in [-0.1, -0.05) is 0 Å². The molecule has 0 aliphatic carbocycles. The van der Waals surface area contributed by atoms with Crippen molar-refractivity contribution in [2.24, 2.45) is 0 Å². The topological polar surface area (TPSA) is 32.3 Å². The first kappa shape index (κ1) is 12.6. The molecule has 0 bridgehead atoms. The van der Waals surface area contributed by atoms with Gasteiger partial charge in [0.1, 0.15) is 5.82 Å². The average molecular weight is 255 g/mol. The summed E-state index contributed by atoms with van der Waals surface area (Å²) in [5.41, 5.74) is 0.829. The Kier molecular flexibility index (Phi) is 4.18. The molecule has 1 saturated heterocycles. The minimum Gasteiger partial charge on any atom is -0.357 e. The van der Waals surface area contributed by atoms with E-state index in [2.05, 4.69) is 33.9 Å². The number of likely N-dealkylation sites (N-methyl/N-ethyl adjacent to an activating group) is 2. The van der Waals surface area contributed by atoms with Crippen LogP contribution in [0.15, 0.2) is 12.4 Å². The number of rotatable bonds is 4. The Morgan fingerprint density at radius 3 is 3.00 bits per heavy atom. The van der Waals surface area contributed by atoms with Crippen molar-refractivity contribution in [2.75, 3.05) is 32.1 Å². The van der Waals surface area contributed by atoms with Crippen molar-refractivity contribution in [3.63, 3.8) is 0 Å². The van der Waals surface area contributed by atoms with Crippen LogP contribution in [0.2, 0.25) is 0 Å². The van der Waals surface area contributed by atoms with Crippen molar-refractivity contribution in [3.05, 3.63) is 18.1 Å². The predicted octanol–water partition coefficient (Wildman–Crippen LogP) is 1.75. The SMILES string of the molecule is CN(CC1CCCN1C)c1cncc(CCl)n1. The van der Waals surface area contributed by atoms with E-state index in [4.69, 9.17) is 11.6 Å². The maximum Gasteiger partial charge on any atom is 0.147 e. The first-order chi connectivity index (χ1) is 8.20. The minimum absolute atomic E-state index is 0.415. The Balaban J connectivity index is 2.00. The molecule has 17 heavy (non-hydrogen) atoms. The largest absolute Gasteiger partial charge is 0.357 e. The average Bonchev–Trinajstić information content (AvgIpc) is 2.75. The van der Waals surface area contributed by atoms with Crippen LogP contribution in [0.1, 0.15) is 18.5 Å². The highest BCUT2D eigenvalue weighted by molar-refractivity contribution is 6.16. The zero-order chi connectivity index (χ0) is 12.3. The molecule has 2 rings (SSSR count). The molecular weight excluding hydrogens is 236 g/mol. The van der Waals surface area contributed by atoms with E-state index in [1.165, 1.54) is 19.4 Å². The standard InChI is InChI=1S/C12H19ClN4/c1-16-5-3-4-11(16)9-17(2)12-8-14-7-10(6-13)15-12/h7-8,11H,3-6,9H2,1-2H3. The zero-order valence-electron chi connectivity index (χ0n) is 10.4. The van der Waals surface area contributed by atoms with Crippen LogP contribution in [0.3, 0.4) is 0 Å². The number of halogens is 1. The van der Waals surface area contributed by atoms with E-state index in [9.17, 15) is 0 Å². The second-order valence-corrected chi connectivity index (χ2v) is 4.93. The van der Waals surface area contributed by atoms with Crippen molar-refractivity contribution >= 4 is 17.4 Å². The van der Waals surface area contributed by atoms with Gasteiger partial charge in [-0.3, -0.25) is 4.98 Å². The van der Waals surface area contributed by atoms with E-state index in [-0.39, 0.29) is 0 Å². The quantitative estimate of drug-likeness (QED) is 0.767. The van der Waals surface area contributed by atoms with Gasteiger partial charge in [-0.15, -0.1) is 11.6 Å². The molecule has 1 atom stereocenters. The summed E-state index contributed by atoms with van der Waals surface area (Å²) in [6, 6.07) is 0.626. The Morgan fingerprint density at radius 1 is 1.53 bits per heavy atom. The number of alkyl halides is 1. The normalized spacial score (nSPS) is 20.8. The fourth-order valence-electron chi connectivity index (χ4n) is 2.26. The zero-order valence-corrected chi connectivity index (χ0v) is 11.2. The molecule has 4 nitrogen and oxygen atoms in total. The van der Waals surface area contributed by atoms with E-state index in [1.54, 1.807) is 12.4 Å². The summed E-state index contributed by atoms with van der Waals surface area (Å²) in [6.45, 7) is 2.20. The Morgan fingerprint density at radius 2 is 2.35 bits per heavy atom. The number of aromatic nitrogens is 2. The molecule has 1 unspecified atom stereocenters. The molecule has 0 saturated carbocycles. The summed E-state index contributed by atoms with van der Waals surface area (Å²) in [7, 11) is 4.25. The summed E-state index contributed by atoms with van der Waals surface area (Å²) in [4.78, 5) is 13.2. The van der Waals surface area contributed by atoms with Crippen LogP contribution in [0.4, 0.5) is 5.82 Å². The number of hydrogen-bond donors (Lipinski definition) is 0. The van der Waals surface area contributed by atoms with Gasteiger partial charge in [0.15, 0.2) is 0 Å². The van der Waals surface area contributed by atoms with Crippen molar-refractivity contribution < 1.29 is 0 Å². The lowest BCUT2D eigenvalue weighted by Crippen LogP contribution is -2.37. The number of nitrogens with zero attached hydrogens (tertiary/aromatic N) is 4. The van der Waals surface area contributed by atoms with Crippen LogP contribution in [-0.2, 0) is 5.88 Å². The van der Waals surface area contributed by atoms with Crippen molar-refractivity contribution in [2.45, 2.75) is 24.8 Å². The molecule has 0 N–H and O–H groups in total. The molecule has 94 valence electrons. The molecule has 5 heteroatoms. The van der Waals surface area contributed by atoms with Crippen LogP contribution in [-0.4, -0.2) is 48.1 Å². The molecule has 0 amide bonds. The highest BCUT2D eigenvalue weighted by Gasteiger charge is 2.22. The monoisotopic (exact) mass is 254 g/mol. The Labute approximate surface area is 108 Å². The molecular formula is C12H19ClN4. The third-order valence-corrected chi connectivity index (χ3v) is 3.63. The van der Waals surface area contributed by atoms with E-state index in [1.807, 2.05) is 0 Å². The van der Waals surface area contributed by atoms with Crippen LogP contribution in [0.5, 0.6) is 0 Å². The van der Waals surface area contributed by atoms with Gasteiger partial charge < -0.3 is 9.80 Å². The Bertz CT molecular complexity index is 371. The van der Waals surface area contributed by atoms with Gasteiger partial charge in [-0.05, 0) is 26.4 Å². The molecule has 1 aliphatic heterocycles. The summed E-state index contributed by atoms with van der Waals surface area (Å²) >= 11 is 5.77. The molecule has 1 aromatic heterocycles. The van der Waals surface area contributed by atoms with Crippen LogP contribution in [0, 0.1) is 0 Å². The van der Waals surface area contributed by atoms with Crippen LogP contribution >= 0.6 is 11.6 Å². The third kappa shape index (κ3) is 3.07. The van der Waals surface area contributed by atoms with E-state index in [0.717, 1.165) is 18.1 Å². The maximum absolute atomic E-state index is 5.77. The molecule has 0 spiro atoms. The predicted molar refractivity (Wildman–Crippen MR) is 70.5 cm³/mol. The van der Waals surface area contributed by atoms with Crippen LogP contribution < -0.4 is 4.90 Å². The van der Waals surface area contributed by atoms with Gasteiger partial charge in [-0.25, -0.2) is 4.98 Å². The highest BCUT2D eigenvalue weighted by atomic mass is 35.5. The minimum atomic E-state index is 0.415. The molecule has 2 heterocycles. The summed E-state index contributed by atoms with van der Waals surface area (Å²) in [5, 5.41) is 0. The lowest BCUT2D eigenvalue weighted by atomic mass is 10.2. The summed E-state index contributed by atoms with van der Waals surface area (Å²) in [6.07, 6.45) is 6.07. The number of likely N-dealkylation sites (tertiary alicyclic amines) is 1. The highest BCUT2D eigenvalue weighted by Crippen LogP contribution is 2.18. The second-order valence-electron chi connectivity index (χ2n) is 4.66. The number of anilines is 1. The van der Waals surface area contributed by atoms with E-state index >= 15 is 0 Å². The summed E-state index contributed by atoms with van der Waals surface area (Å²) in [5.74, 6) is 1.32. The molecule has 1 aliphatic rings. The van der Waals surface area contributed by atoms with Gasteiger partial charge in [0.05, 0.1) is 17.8 Å². The second kappa shape index (κ2) is 5.65. The van der Waals surface area contributed by atoms with Gasteiger partial charge in [0, 0.05) is 25.8 Å². The fourth-order valence-corrected chi connectivity index (χ4v) is 2.39. The van der Waals surface area contributed by atoms with Crippen molar-refractivity contribution in [3.8, 4) is 0 Å². The fraction of sp³-hybridized carbons (Fsp3) is 0.667. The van der Waals surface area contributed by atoms with Gasteiger partial charge >= 0.3 is 0 Å². The number of hydrogen-bond acceptors (Lipinski definition) is 4. The van der Waals surface area contributed by atoms with Crippen LogP contribution in [0.25, 0.3) is 0 Å². The Hall–Kier alpha value is -0.870. The first-order valence-corrected chi connectivity index (χ1v) is 6.52. The van der Waals surface area contributed by atoms with Gasteiger partial charge in [0.2, 0.25) is 0 Å². The third-order valence-electron chi connectivity index (χ3n) is 3.36. The van der Waals surface area contributed by atoms with Gasteiger partial charge in [-0.2, -0.15) is 0 Å².